The molecule has 56 valence electrons. The molecule has 10 heavy (non-hydrogen) atoms. The van der Waals surface area contributed by atoms with Crippen LogP contribution in [-0.4, -0.2) is 31.3 Å². The SMILES string of the molecule is CN1CC2CC(C1)C2C=O. The first-order valence-electron chi connectivity index (χ1n) is 3.95. The van der Waals surface area contributed by atoms with Crippen LogP contribution in [0.25, 0.3) is 0 Å². The molecule has 3 rings (SSSR count). The number of nitrogens with zero attached hydrogens (tertiary/aromatic N) is 1. The summed E-state index contributed by atoms with van der Waals surface area (Å²) >= 11 is 0. The van der Waals surface area contributed by atoms with Crippen molar-refractivity contribution in [2.75, 3.05) is 20.1 Å². The summed E-state index contributed by atoms with van der Waals surface area (Å²) in [5.74, 6) is 1.80. The van der Waals surface area contributed by atoms with E-state index in [0.29, 0.717) is 17.8 Å². The van der Waals surface area contributed by atoms with Crippen molar-refractivity contribution < 1.29 is 4.79 Å². The molecule has 2 nitrogen and oxygen atoms in total. The van der Waals surface area contributed by atoms with Crippen LogP contribution in [0.4, 0.5) is 0 Å². The Morgan fingerprint density at radius 3 is 2.50 bits per heavy atom. The Morgan fingerprint density at radius 1 is 1.40 bits per heavy atom. The zero-order chi connectivity index (χ0) is 7.14. The third kappa shape index (κ3) is 0.717. The maximum Gasteiger partial charge on any atom is 0.123 e. The summed E-state index contributed by atoms with van der Waals surface area (Å²) < 4.78 is 0. The normalized spacial score (nSPS) is 46.3. The summed E-state index contributed by atoms with van der Waals surface area (Å²) in [6, 6.07) is 0. The van der Waals surface area contributed by atoms with Gasteiger partial charge in [-0.3, -0.25) is 0 Å². The van der Waals surface area contributed by atoms with Gasteiger partial charge in [0.1, 0.15) is 6.29 Å². The third-order valence-electron chi connectivity index (χ3n) is 2.94. The minimum atomic E-state index is 0.413. The second-order valence-corrected chi connectivity index (χ2v) is 3.69. The lowest BCUT2D eigenvalue weighted by Crippen LogP contribution is -2.54. The zero-order valence-corrected chi connectivity index (χ0v) is 6.29. The number of piperidine rings is 2. The summed E-state index contributed by atoms with van der Waals surface area (Å²) in [6.07, 6.45) is 2.46. The Hall–Kier alpha value is -0.370. The average molecular weight is 139 g/mol. The van der Waals surface area contributed by atoms with Crippen LogP contribution in [0.1, 0.15) is 6.42 Å². The van der Waals surface area contributed by atoms with Crippen LogP contribution >= 0.6 is 0 Å². The molecular formula is C8H13NO. The Labute approximate surface area is 61.2 Å². The van der Waals surface area contributed by atoms with Gasteiger partial charge in [0, 0.05) is 19.0 Å². The quantitative estimate of drug-likeness (QED) is 0.490. The van der Waals surface area contributed by atoms with Gasteiger partial charge in [-0.25, -0.2) is 0 Å². The second kappa shape index (κ2) is 2.06. The molecule has 0 radical (unpaired) electrons. The van der Waals surface area contributed by atoms with E-state index in [1.54, 1.807) is 0 Å². The maximum atomic E-state index is 10.5. The van der Waals surface area contributed by atoms with Gasteiger partial charge in [-0.2, -0.15) is 0 Å². The molecule has 2 heteroatoms. The fraction of sp³-hybridized carbons (Fsp3) is 0.875. The van der Waals surface area contributed by atoms with E-state index in [1.807, 2.05) is 0 Å². The van der Waals surface area contributed by atoms with Crippen molar-refractivity contribution in [3.63, 3.8) is 0 Å². The Bertz CT molecular complexity index is 145. The first-order chi connectivity index (χ1) is 4.81. The number of hydrogen-bond donors (Lipinski definition) is 0. The van der Waals surface area contributed by atoms with Crippen LogP contribution in [0.3, 0.4) is 0 Å². The number of hydrogen-bond acceptors (Lipinski definition) is 2. The molecule has 0 aromatic rings. The lowest BCUT2D eigenvalue weighted by Gasteiger charge is -2.50. The molecule has 2 atom stereocenters. The molecule has 0 amide bonds. The van der Waals surface area contributed by atoms with E-state index in [2.05, 4.69) is 11.9 Å². The molecule has 2 aliphatic heterocycles. The summed E-state index contributed by atoms with van der Waals surface area (Å²) in [5, 5.41) is 0. The molecule has 2 saturated heterocycles. The fourth-order valence-corrected chi connectivity index (χ4v) is 2.38. The second-order valence-electron chi connectivity index (χ2n) is 3.69. The molecule has 1 saturated carbocycles. The van der Waals surface area contributed by atoms with Gasteiger partial charge >= 0.3 is 0 Å². The standard InChI is InChI=1S/C8H13NO/c1-9-3-6-2-7(4-9)8(6)5-10/h5-8H,2-4H2,1H3. The van der Waals surface area contributed by atoms with Crippen molar-refractivity contribution >= 4 is 6.29 Å². The number of fused-ring (bicyclic) bond motifs is 2. The van der Waals surface area contributed by atoms with Crippen molar-refractivity contribution in [1.82, 2.24) is 4.90 Å². The molecule has 3 fully saturated rings. The van der Waals surface area contributed by atoms with Crippen molar-refractivity contribution in [2.45, 2.75) is 6.42 Å². The Kier molecular flexibility index (Phi) is 1.31. The molecule has 2 heterocycles. The molecule has 0 aromatic heterocycles. The predicted molar refractivity (Wildman–Crippen MR) is 38.6 cm³/mol. The van der Waals surface area contributed by atoms with E-state index in [9.17, 15) is 4.79 Å². The minimum Gasteiger partial charge on any atom is -0.306 e. The van der Waals surface area contributed by atoms with Crippen LogP contribution in [-0.2, 0) is 4.79 Å². The lowest BCUT2D eigenvalue weighted by molar-refractivity contribution is -0.125. The molecule has 0 N–H and O–H groups in total. The van der Waals surface area contributed by atoms with Gasteiger partial charge in [0.05, 0.1) is 0 Å². The first kappa shape index (κ1) is 6.35. The zero-order valence-electron chi connectivity index (χ0n) is 6.29. The van der Waals surface area contributed by atoms with E-state index < -0.39 is 0 Å². The highest BCUT2D eigenvalue weighted by atomic mass is 16.1. The fourth-order valence-electron chi connectivity index (χ4n) is 2.38. The molecule has 1 aliphatic carbocycles. The Morgan fingerprint density at radius 2 is 2.00 bits per heavy atom. The van der Waals surface area contributed by atoms with E-state index in [4.69, 9.17) is 0 Å². The van der Waals surface area contributed by atoms with Crippen molar-refractivity contribution in [2.24, 2.45) is 17.8 Å². The summed E-state index contributed by atoms with van der Waals surface area (Å²) in [4.78, 5) is 12.8. The lowest BCUT2D eigenvalue weighted by atomic mass is 9.62. The number of rotatable bonds is 1. The average Bonchev–Trinajstić information content (AvgIpc) is 1.87. The number of carbonyl (C=O) groups is 1. The topological polar surface area (TPSA) is 20.3 Å². The molecule has 2 unspecified atom stereocenters. The van der Waals surface area contributed by atoms with Crippen molar-refractivity contribution in [3.05, 3.63) is 0 Å². The predicted octanol–water partition coefficient (Wildman–Crippen LogP) is 0.383. The van der Waals surface area contributed by atoms with Gasteiger partial charge in [0.15, 0.2) is 0 Å². The highest BCUT2D eigenvalue weighted by Crippen LogP contribution is 2.43. The van der Waals surface area contributed by atoms with Crippen LogP contribution in [0.5, 0.6) is 0 Å². The summed E-state index contributed by atoms with van der Waals surface area (Å²) in [6.45, 7) is 2.28. The van der Waals surface area contributed by atoms with E-state index in [0.717, 1.165) is 19.4 Å². The summed E-state index contributed by atoms with van der Waals surface area (Å²) in [7, 11) is 2.14. The number of aldehydes is 1. The van der Waals surface area contributed by atoms with Crippen molar-refractivity contribution in [3.8, 4) is 0 Å². The molecule has 0 aromatic carbocycles. The summed E-state index contributed by atoms with van der Waals surface area (Å²) in [5.41, 5.74) is 0. The molecule has 3 aliphatic rings. The Balaban J connectivity index is 2.02. The van der Waals surface area contributed by atoms with Crippen LogP contribution in [0.15, 0.2) is 0 Å². The van der Waals surface area contributed by atoms with Gasteiger partial charge in [-0.05, 0) is 25.3 Å². The van der Waals surface area contributed by atoms with Crippen molar-refractivity contribution in [1.29, 1.82) is 0 Å². The molecule has 0 spiro atoms. The van der Waals surface area contributed by atoms with Crippen LogP contribution in [0, 0.1) is 17.8 Å². The van der Waals surface area contributed by atoms with Gasteiger partial charge in [0.2, 0.25) is 0 Å². The largest absolute Gasteiger partial charge is 0.306 e. The number of carbonyl (C=O) groups excluding carboxylic acids is 1. The monoisotopic (exact) mass is 139 g/mol. The van der Waals surface area contributed by atoms with Gasteiger partial charge in [-0.15, -0.1) is 0 Å². The van der Waals surface area contributed by atoms with Gasteiger partial charge in [-0.1, -0.05) is 0 Å². The van der Waals surface area contributed by atoms with E-state index in [1.165, 1.54) is 6.42 Å². The molecular weight excluding hydrogens is 126 g/mol. The smallest absolute Gasteiger partial charge is 0.123 e. The minimum absolute atomic E-state index is 0.413. The van der Waals surface area contributed by atoms with Crippen LogP contribution in [0.2, 0.25) is 0 Å². The van der Waals surface area contributed by atoms with E-state index >= 15 is 0 Å². The third-order valence-corrected chi connectivity index (χ3v) is 2.94. The van der Waals surface area contributed by atoms with E-state index in [-0.39, 0.29) is 0 Å². The highest BCUT2D eigenvalue weighted by Gasteiger charge is 2.45. The highest BCUT2D eigenvalue weighted by molar-refractivity contribution is 5.57. The first-order valence-corrected chi connectivity index (χ1v) is 3.95. The van der Waals surface area contributed by atoms with Crippen LogP contribution < -0.4 is 0 Å². The van der Waals surface area contributed by atoms with Gasteiger partial charge < -0.3 is 9.69 Å². The van der Waals surface area contributed by atoms with Gasteiger partial charge in [0.25, 0.3) is 0 Å². The maximum absolute atomic E-state index is 10.5. The molecule has 2 bridgehead atoms.